The van der Waals surface area contributed by atoms with Crippen LogP contribution < -0.4 is 0 Å². The second-order valence-electron chi connectivity index (χ2n) is 6.64. The van der Waals surface area contributed by atoms with E-state index in [4.69, 9.17) is 17.0 Å². The van der Waals surface area contributed by atoms with E-state index in [0.29, 0.717) is 5.92 Å². The van der Waals surface area contributed by atoms with Gasteiger partial charge in [0, 0.05) is 0 Å². The van der Waals surface area contributed by atoms with Crippen LogP contribution in [0, 0.1) is 5.92 Å². The maximum absolute atomic E-state index is 7.49. The third kappa shape index (κ3) is 2.45. The van der Waals surface area contributed by atoms with E-state index in [1.54, 1.807) is 0 Å². The molecule has 2 aliphatic carbocycles. The van der Waals surface area contributed by atoms with Crippen molar-refractivity contribution in [3.05, 3.63) is 41.5 Å². The standard InChI is InChI=1S/2C7H9.C2H6Si.2ClH.Zr/c2*1-6-3-4-7(2)5-6;1-3-2;;;/h5H,3H2,1-2H3;3,5,7H,1-2H3;1-2H3;2*1H;/q;;;;;+2/p-2. The first-order valence-electron chi connectivity index (χ1n) is 7.23. The average molecular weight is 407 g/mol. The van der Waals surface area contributed by atoms with Gasteiger partial charge >= 0.3 is 132 Å². The Morgan fingerprint density at radius 1 is 1.15 bits per heavy atom. The molecule has 0 N–H and O–H groups in total. The maximum atomic E-state index is 7.49. The Balaban J connectivity index is 2.74. The molecular weight excluding hydrogens is 382 g/mol. The van der Waals surface area contributed by atoms with Crippen molar-refractivity contribution >= 4 is 22.5 Å². The van der Waals surface area contributed by atoms with E-state index >= 15 is 0 Å². The number of allylic oxidation sites excluding steroid dienone is 8. The summed E-state index contributed by atoms with van der Waals surface area (Å²) in [4.78, 5) is 0. The van der Waals surface area contributed by atoms with Crippen LogP contribution in [0.15, 0.2) is 41.5 Å². The minimum absolute atomic E-state index is 0.400. The molecule has 0 aromatic carbocycles. The number of halogens is 2. The summed E-state index contributed by atoms with van der Waals surface area (Å²) in [7, 11) is 15.0. The molecule has 0 amide bonds. The van der Waals surface area contributed by atoms with Crippen molar-refractivity contribution in [3.63, 3.8) is 0 Å². The fourth-order valence-corrected chi connectivity index (χ4v) is 29.8. The first-order valence-corrected chi connectivity index (χ1v) is 22.2. The Morgan fingerprint density at radius 3 is 2.10 bits per heavy atom. The van der Waals surface area contributed by atoms with E-state index in [2.05, 4.69) is 59.0 Å². The minimum atomic E-state index is -4.05. The molecular formula is C16H24Cl2SiZr. The van der Waals surface area contributed by atoms with Gasteiger partial charge in [0.05, 0.1) is 0 Å². The summed E-state index contributed by atoms with van der Waals surface area (Å²) in [6, 6.07) is 0. The Morgan fingerprint density at radius 2 is 1.75 bits per heavy atom. The van der Waals surface area contributed by atoms with Crippen molar-refractivity contribution in [1.29, 1.82) is 0 Å². The molecule has 0 saturated heterocycles. The summed E-state index contributed by atoms with van der Waals surface area (Å²) in [6.45, 7) is 13.4. The first-order chi connectivity index (χ1) is 9.07. The summed E-state index contributed by atoms with van der Waals surface area (Å²) >= 11 is -4.05. The fourth-order valence-electron chi connectivity index (χ4n) is 3.63. The van der Waals surface area contributed by atoms with E-state index in [0.717, 1.165) is 6.42 Å². The van der Waals surface area contributed by atoms with Gasteiger partial charge in [0.1, 0.15) is 0 Å². The Kier molecular flexibility index (Phi) is 4.57. The summed E-state index contributed by atoms with van der Waals surface area (Å²) < 4.78 is 2.79. The predicted molar refractivity (Wildman–Crippen MR) is 91.3 cm³/mol. The van der Waals surface area contributed by atoms with E-state index in [9.17, 15) is 0 Å². The molecule has 1 unspecified atom stereocenters. The van der Waals surface area contributed by atoms with Crippen LogP contribution in [-0.4, -0.2) is 5.43 Å². The van der Waals surface area contributed by atoms with Gasteiger partial charge < -0.3 is 0 Å². The van der Waals surface area contributed by atoms with E-state index < -0.39 is 20.4 Å². The van der Waals surface area contributed by atoms with Gasteiger partial charge in [0.25, 0.3) is 0 Å². The van der Waals surface area contributed by atoms with Gasteiger partial charge in [-0.25, -0.2) is 0 Å². The van der Waals surface area contributed by atoms with Gasteiger partial charge in [0.2, 0.25) is 0 Å². The van der Waals surface area contributed by atoms with Crippen LogP contribution in [0.25, 0.3) is 0 Å². The van der Waals surface area contributed by atoms with Crippen LogP contribution in [-0.2, 0) is 15.0 Å². The van der Waals surface area contributed by atoms with Gasteiger partial charge in [0.15, 0.2) is 0 Å². The fraction of sp³-hybridized carbons (Fsp3) is 0.500. The first kappa shape index (κ1) is 17.0. The second-order valence-corrected chi connectivity index (χ2v) is 43.7. The molecule has 110 valence electrons. The molecule has 20 heavy (non-hydrogen) atoms. The third-order valence-corrected chi connectivity index (χ3v) is 49.6. The molecule has 1 atom stereocenters. The second kappa shape index (κ2) is 5.37. The van der Waals surface area contributed by atoms with Crippen LogP contribution >= 0.6 is 17.0 Å². The van der Waals surface area contributed by atoms with Crippen molar-refractivity contribution < 1.29 is 15.0 Å². The van der Waals surface area contributed by atoms with Crippen LogP contribution in [0.5, 0.6) is 0 Å². The SMILES string of the molecule is CC1=CC(C)[C]([Zr]([Cl])([Cl])([C]2=C(C)C=C(C)C2)=[Si](C)C)=C1. The van der Waals surface area contributed by atoms with E-state index in [1.165, 1.54) is 23.3 Å². The average Bonchev–Trinajstić information content (AvgIpc) is 2.82. The number of hydrogen-bond acceptors (Lipinski definition) is 0. The van der Waals surface area contributed by atoms with Crippen molar-refractivity contribution in [3.8, 4) is 0 Å². The van der Waals surface area contributed by atoms with Crippen molar-refractivity contribution in [2.75, 3.05) is 0 Å². The topological polar surface area (TPSA) is 0 Å². The summed E-state index contributed by atoms with van der Waals surface area (Å²) in [6.07, 6.45) is 7.87. The van der Waals surface area contributed by atoms with Gasteiger partial charge in [-0.05, 0) is 0 Å². The van der Waals surface area contributed by atoms with Gasteiger partial charge in [-0.3, -0.25) is 0 Å². The van der Waals surface area contributed by atoms with Crippen molar-refractivity contribution in [2.45, 2.75) is 47.2 Å². The Labute approximate surface area is 131 Å². The van der Waals surface area contributed by atoms with Crippen LogP contribution in [0.2, 0.25) is 13.1 Å². The summed E-state index contributed by atoms with van der Waals surface area (Å²) in [5.74, 6) is 0.400. The molecule has 0 bridgehead atoms. The summed E-state index contributed by atoms with van der Waals surface area (Å²) in [5.41, 5.74) is 3.25. The molecule has 0 spiro atoms. The van der Waals surface area contributed by atoms with Crippen molar-refractivity contribution in [1.82, 2.24) is 0 Å². The predicted octanol–water partition coefficient (Wildman–Crippen LogP) is 6.34. The zero-order valence-electron chi connectivity index (χ0n) is 13.3. The van der Waals surface area contributed by atoms with E-state index in [1.807, 2.05) is 0 Å². The molecule has 0 heterocycles. The van der Waals surface area contributed by atoms with Crippen LogP contribution in [0.1, 0.15) is 34.1 Å². The Bertz CT molecular complexity index is 665. The number of hydrogen-bond donors (Lipinski definition) is 0. The molecule has 0 aromatic rings. The third-order valence-electron chi connectivity index (χ3n) is 4.70. The van der Waals surface area contributed by atoms with Gasteiger partial charge in [-0.15, -0.1) is 0 Å². The van der Waals surface area contributed by atoms with Crippen LogP contribution in [0.3, 0.4) is 0 Å². The molecule has 0 aromatic heterocycles. The Hall–Kier alpha value is 0.640. The normalized spacial score (nSPS) is 23.9. The van der Waals surface area contributed by atoms with Crippen molar-refractivity contribution in [2.24, 2.45) is 5.92 Å². The quantitative estimate of drug-likeness (QED) is 0.470. The van der Waals surface area contributed by atoms with E-state index in [-0.39, 0.29) is 0 Å². The molecule has 0 nitrogen and oxygen atoms in total. The molecule has 2 aliphatic rings. The monoisotopic (exact) mass is 404 g/mol. The van der Waals surface area contributed by atoms with Gasteiger partial charge in [-0.1, -0.05) is 0 Å². The van der Waals surface area contributed by atoms with Gasteiger partial charge in [-0.2, -0.15) is 0 Å². The number of rotatable bonds is 2. The zero-order chi connectivity index (χ0) is 15.3. The van der Waals surface area contributed by atoms with Crippen LogP contribution in [0.4, 0.5) is 0 Å². The molecule has 0 fully saturated rings. The zero-order valence-corrected chi connectivity index (χ0v) is 18.2. The molecule has 2 rings (SSSR count). The molecule has 0 aliphatic heterocycles. The molecule has 0 radical (unpaired) electrons. The molecule has 0 saturated carbocycles. The molecule has 4 heteroatoms. The summed E-state index contributed by atoms with van der Waals surface area (Å²) in [5, 5.41) is 0.